The average Bonchev–Trinajstić information content (AvgIpc) is 2.27. The molecule has 0 aliphatic heterocycles. The fourth-order valence-electron chi connectivity index (χ4n) is 1.20. The van der Waals surface area contributed by atoms with E-state index in [0.29, 0.717) is 0 Å². The molecule has 0 bridgehead atoms. The van der Waals surface area contributed by atoms with Crippen LogP contribution in [0.2, 0.25) is 0 Å². The highest BCUT2D eigenvalue weighted by molar-refractivity contribution is 6.17. The predicted octanol–water partition coefficient (Wildman–Crippen LogP) is 2.60. The molecule has 1 N–H and O–H groups in total. The van der Waals surface area contributed by atoms with Gasteiger partial charge < -0.3 is 9.84 Å². The van der Waals surface area contributed by atoms with Crippen LogP contribution in [0.15, 0.2) is 12.1 Å². The van der Waals surface area contributed by atoms with Crippen molar-refractivity contribution < 1.29 is 23.4 Å². The number of halogens is 3. The zero-order chi connectivity index (χ0) is 13.0. The molecule has 0 unspecified atom stereocenters. The summed E-state index contributed by atoms with van der Waals surface area (Å²) in [5.74, 6) is -2.09. The van der Waals surface area contributed by atoms with Gasteiger partial charge in [0, 0.05) is 5.88 Å². The Balaban J connectivity index is 3.36. The number of nitriles is 1. The van der Waals surface area contributed by atoms with Crippen LogP contribution < -0.4 is 4.74 Å². The van der Waals surface area contributed by atoms with Crippen LogP contribution in [0, 0.1) is 11.3 Å². The maximum absolute atomic E-state index is 12.1. The largest absolute Gasteiger partial charge is 0.478 e. The van der Waals surface area contributed by atoms with E-state index in [1.165, 1.54) is 0 Å². The Morgan fingerprint density at radius 3 is 2.65 bits per heavy atom. The highest BCUT2D eigenvalue weighted by Gasteiger charge is 2.18. The number of carboxylic acid groups (broad SMARTS) is 1. The van der Waals surface area contributed by atoms with Crippen LogP contribution in [0.4, 0.5) is 8.78 Å². The molecule has 0 radical (unpaired) electrons. The summed E-state index contributed by atoms with van der Waals surface area (Å²) in [4.78, 5) is 10.8. The third-order valence-electron chi connectivity index (χ3n) is 1.92. The van der Waals surface area contributed by atoms with Gasteiger partial charge in [0.2, 0.25) is 0 Å². The van der Waals surface area contributed by atoms with Crippen molar-refractivity contribution in [2.45, 2.75) is 12.5 Å². The Morgan fingerprint density at radius 2 is 2.24 bits per heavy atom. The first kappa shape index (κ1) is 13.2. The van der Waals surface area contributed by atoms with E-state index in [-0.39, 0.29) is 17.0 Å². The van der Waals surface area contributed by atoms with Gasteiger partial charge in [0.05, 0.1) is 11.6 Å². The number of benzene rings is 1. The molecular weight excluding hydrogens is 256 g/mol. The molecule has 0 heterocycles. The highest BCUT2D eigenvalue weighted by atomic mass is 35.5. The lowest BCUT2D eigenvalue weighted by Crippen LogP contribution is -2.09. The topological polar surface area (TPSA) is 70.3 Å². The Labute approximate surface area is 100.0 Å². The lowest BCUT2D eigenvalue weighted by molar-refractivity contribution is -0.0503. The molecule has 0 atom stereocenters. The quantitative estimate of drug-likeness (QED) is 0.846. The Kier molecular flexibility index (Phi) is 4.24. The maximum Gasteiger partial charge on any atom is 0.387 e. The molecule has 0 aliphatic carbocycles. The van der Waals surface area contributed by atoms with Crippen LogP contribution in [-0.2, 0) is 5.88 Å². The summed E-state index contributed by atoms with van der Waals surface area (Å²) in [5, 5.41) is 17.5. The standard InChI is InChI=1S/C10H6ClF2NO3/c11-3-5-1-7(9(15)16)8(17-10(12)13)2-6(5)4-14/h1-2,10H,3H2,(H,15,16). The number of carbonyl (C=O) groups is 1. The summed E-state index contributed by atoms with van der Waals surface area (Å²) >= 11 is 5.51. The Hall–Kier alpha value is -1.87. The number of carboxylic acids is 1. The van der Waals surface area contributed by atoms with Gasteiger partial charge in [0.1, 0.15) is 11.3 Å². The molecule has 0 spiro atoms. The highest BCUT2D eigenvalue weighted by Crippen LogP contribution is 2.26. The van der Waals surface area contributed by atoms with Crippen molar-refractivity contribution in [3.05, 3.63) is 28.8 Å². The molecule has 1 aromatic rings. The fraction of sp³-hybridized carbons (Fsp3) is 0.200. The molecule has 0 aromatic heterocycles. The van der Waals surface area contributed by atoms with Crippen molar-refractivity contribution in [2.75, 3.05) is 0 Å². The molecule has 7 heteroatoms. The molecule has 1 rings (SSSR count). The van der Waals surface area contributed by atoms with Crippen LogP contribution in [0.5, 0.6) is 5.75 Å². The van der Waals surface area contributed by atoms with E-state index in [2.05, 4.69) is 4.74 Å². The maximum atomic E-state index is 12.1. The molecule has 17 heavy (non-hydrogen) atoms. The van der Waals surface area contributed by atoms with Gasteiger partial charge in [-0.2, -0.15) is 14.0 Å². The van der Waals surface area contributed by atoms with Crippen molar-refractivity contribution in [1.29, 1.82) is 5.26 Å². The number of alkyl halides is 3. The van der Waals surface area contributed by atoms with Crippen molar-refractivity contribution in [3.63, 3.8) is 0 Å². The molecule has 0 fully saturated rings. The second-order valence-electron chi connectivity index (χ2n) is 2.93. The molecule has 0 amide bonds. The predicted molar refractivity (Wildman–Crippen MR) is 54.3 cm³/mol. The van der Waals surface area contributed by atoms with Crippen molar-refractivity contribution in [3.8, 4) is 11.8 Å². The fourth-order valence-corrected chi connectivity index (χ4v) is 1.42. The molecule has 4 nitrogen and oxygen atoms in total. The van der Waals surface area contributed by atoms with E-state index < -0.39 is 23.9 Å². The van der Waals surface area contributed by atoms with Crippen molar-refractivity contribution in [2.24, 2.45) is 0 Å². The third kappa shape index (κ3) is 3.04. The number of ether oxygens (including phenoxy) is 1. The van der Waals surface area contributed by atoms with Crippen LogP contribution in [-0.4, -0.2) is 17.7 Å². The lowest BCUT2D eigenvalue weighted by atomic mass is 10.0. The molecule has 0 aliphatic rings. The minimum absolute atomic E-state index is 0.000602. The van der Waals surface area contributed by atoms with E-state index in [0.717, 1.165) is 12.1 Å². The van der Waals surface area contributed by atoms with Gasteiger partial charge in [-0.3, -0.25) is 0 Å². The van der Waals surface area contributed by atoms with E-state index in [9.17, 15) is 13.6 Å². The van der Waals surface area contributed by atoms with Crippen molar-refractivity contribution in [1.82, 2.24) is 0 Å². The van der Waals surface area contributed by atoms with E-state index in [4.69, 9.17) is 22.0 Å². The first-order valence-corrected chi connectivity index (χ1v) is 4.84. The molecular formula is C10H6ClF2NO3. The number of nitrogens with zero attached hydrogens (tertiary/aromatic N) is 1. The third-order valence-corrected chi connectivity index (χ3v) is 2.20. The molecule has 90 valence electrons. The summed E-state index contributed by atoms with van der Waals surface area (Å²) in [6, 6.07) is 3.71. The molecule has 0 saturated carbocycles. The zero-order valence-corrected chi connectivity index (χ0v) is 9.04. The van der Waals surface area contributed by atoms with Crippen LogP contribution in [0.25, 0.3) is 0 Å². The second kappa shape index (κ2) is 5.46. The smallest absolute Gasteiger partial charge is 0.387 e. The van der Waals surface area contributed by atoms with Crippen molar-refractivity contribution >= 4 is 17.6 Å². The second-order valence-corrected chi connectivity index (χ2v) is 3.20. The van der Waals surface area contributed by atoms with Gasteiger partial charge >= 0.3 is 12.6 Å². The number of rotatable bonds is 4. The summed E-state index contributed by atoms with van der Waals surface area (Å²) in [6.07, 6.45) is 0. The SMILES string of the molecule is N#Cc1cc(OC(F)F)c(C(=O)O)cc1CCl. The van der Waals surface area contributed by atoms with Gasteiger partial charge in [-0.15, -0.1) is 11.6 Å². The average molecular weight is 262 g/mol. The Morgan fingerprint density at radius 1 is 1.59 bits per heavy atom. The van der Waals surface area contributed by atoms with Crippen LogP contribution in [0.1, 0.15) is 21.5 Å². The summed E-state index contributed by atoms with van der Waals surface area (Å²) in [5.41, 5.74) is -0.214. The summed E-state index contributed by atoms with van der Waals surface area (Å²) in [7, 11) is 0. The minimum Gasteiger partial charge on any atom is -0.478 e. The van der Waals surface area contributed by atoms with Crippen LogP contribution in [0.3, 0.4) is 0 Å². The number of hydrogen-bond donors (Lipinski definition) is 1. The van der Waals surface area contributed by atoms with E-state index in [1.807, 2.05) is 0 Å². The van der Waals surface area contributed by atoms with Gasteiger partial charge in [0.25, 0.3) is 0 Å². The monoisotopic (exact) mass is 261 g/mol. The minimum atomic E-state index is -3.17. The number of aromatic carboxylic acids is 1. The lowest BCUT2D eigenvalue weighted by Gasteiger charge is -2.10. The molecule has 0 saturated heterocycles. The zero-order valence-electron chi connectivity index (χ0n) is 8.28. The van der Waals surface area contributed by atoms with E-state index >= 15 is 0 Å². The summed E-state index contributed by atoms with van der Waals surface area (Å²) < 4.78 is 28.2. The summed E-state index contributed by atoms with van der Waals surface area (Å²) in [6.45, 7) is -3.17. The Bertz CT molecular complexity index is 485. The first-order chi connectivity index (χ1) is 7.99. The van der Waals surface area contributed by atoms with E-state index in [1.54, 1.807) is 6.07 Å². The van der Waals surface area contributed by atoms with Gasteiger partial charge in [-0.05, 0) is 17.7 Å². The van der Waals surface area contributed by atoms with Gasteiger partial charge in [-0.1, -0.05) is 0 Å². The molecule has 1 aromatic carbocycles. The van der Waals surface area contributed by atoms with Gasteiger partial charge in [0.15, 0.2) is 0 Å². The first-order valence-electron chi connectivity index (χ1n) is 4.30. The normalized spacial score (nSPS) is 10.1. The number of hydrogen-bond acceptors (Lipinski definition) is 3. The van der Waals surface area contributed by atoms with Crippen LogP contribution >= 0.6 is 11.6 Å². The van der Waals surface area contributed by atoms with Gasteiger partial charge in [-0.25, -0.2) is 4.79 Å².